The van der Waals surface area contributed by atoms with Crippen molar-refractivity contribution in [2.75, 3.05) is 0 Å². The summed E-state index contributed by atoms with van der Waals surface area (Å²) in [4.78, 5) is 27.3. The number of primary amides is 1. The van der Waals surface area contributed by atoms with Gasteiger partial charge in [-0.25, -0.2) is 22.9 Å². The number of nitrogens with zero attached hydrogens (tertiary/aromatic N) is 1. The molecule has 0 unspecified atom stereocenters. The van der Waals surface area contributed by atoms with E-state index in [1.807, 2.05) is 0 Å². The summed E-state index contributed by atoms with van der Waals surface area (Å²) < 4.78 is 42.6. The van der Waals surface area contributed by atoms with Crippen LogP contribution in [0.4, 0.5) is 4.39 Å². The van der Waals surface area contributed by atoms with E-state index in [4.69, 9.17) is 27.2 Å². The number of hydrogen-bond donors (Lipinski definition) is 3. The van der Waals surface area contributed by atoms with E-state index in [2.05, 4.69) is 10.3 Å². The number of carbonyl (C=O) groups excluding carboxylic acids is 2. The van der Waals surface area contributed by atoms with E-state index in [-0.39, 0.29) is 39.6 Å². The molecule has 1 aromatic heterocycles. The molecule has 5 N–H and O–H groups in total. The van der Waals surface area contributed by atoms with Crippen LogP contribution >= 0.6 is 11.6 Å². The molecule has 2 fully saturated rings. The van der Waals surface area contributed by atoms with E-state index in [0.717, 1.165) is 25.0 Å². The zero-order valence-electron chi connectivity index (χ0n) is 16.7. The number of nitrogens with two attached hydrogens (primary N) is 2. The van der Waals surface area contributed by atoms with E-state index < -0.39 is 32.6 Å². The van der Waals surface area contributed by atoms with Crippen LogP contribution in [0.3, 0.4) is 0 Å². The molecular weight excluding hydrogens is 463 g/mol. The number of pyridine rings is 1. The van der Waals surface area contributed by atoms with E-state index in [0.29, 0.717) is 12.8 Å². The second-order valence-electron chi connectivity index (χ2n) is 8.25. The zero-order chi connectivity index (χ0) is 23.3. The summed E-state index contributed by atoms with van der Waals surface area (Å²) in [5, 5.41) is 7.56. The molecule has 9 nitrogen and oxygen atoms in total. The van der Waals surface area contributed by atoms with Crippen molar-refractivity contribution in [1.82, 2.24) is 10.3 Å². The molecule has 0 radical (unpaired) electrons. The predicted octanol–water partition coefficient (Wildman–Crippen LogP) is 1.74. The SMILES string of the molecule is NC(=O)c1cccnc1OC1CC2(CC(NC(=O)c3cc(S(N)(=O)=O)c(F)cc3Cl)C2)C1. The van der Waals surface area contributed by atoms with Crippen LogP contribution in [0.15, 0.2) is 35.4 Å². The smallest absolute Gasteiger partial charge is 0.254 e. The molecule has 0 aliphatic heterocycles. The van der Waals surface area contributed by atoms with Crippen molar-refractivity contribution >= 4 is 33.4 Å². The number of ether oxygens (including phenoxy) is 1. The summed E-state index contributed by atoms with van der Waals surface area (Å²) in [6.45, 7) is 0. The summed E-state index contributed by atoms with van der Waals surface area (Å²) >= 11 is 5.92. The Bertz CT molecular complexity index is 1210. The fraction of sp³-hybridized carbons (Fsp3) is 0.350. The molecule has 2 aliphatic carbocycles. The van der Waals surface area contributed by atoms with Gasteiger partial charge in [-0.15, -0.1) is 0 Å². The Kier molecular flexibility index (Phi) is 5.60. The van der Waals surface area contributed by atoms with Crippen LogP contribution in [-0.2, 0) is 10.0 Å². The minimum absolute atomic E-state index is 0.0165. The molecule has 170 valence electrons. The lowest BCUT2D eigenvalue weighted by Gasteiger charge is -2.57. The number of rotatable bonds is 6. The highest BCUT2D eigenvalue weighted by atomic mass is 35.5. The van der Waals surface area contributed by atoms with Crippen LogP contribution in [0.5, 0.6) is 5.88 Å². The minimum atomic E-state index is -4.34. The first-order valence-electron chi connectivity index (χ1n) is 9.72. The standard InChI is InChI=1S/C20H20ClFN4O5S/c21-14-5-15(22)16(32(24,29)30)4-13(14)18(28)26-10-6-20(7-10)8-11(9-20)31-19-12(17(23)27)2-1-3-25-19/h1-5,10-11H,6-9H2,(H2,23,27)(H,26,28)(H2,24,29,30). The van der Waals surface area contributed by atoms with Gasteiger partial charge >= 0.3 is 0 Å². The highest BCUT2D eigenvalue weighted by Gasteiger charge is 2.54. The maximum Gasteiger partial charge on any atom is 0.254 e. The van der Waals surface area contributed by atoms with E-state index in [1.165, 1.54) is 6.20 Å². The summed E-state index contributed by atoms with van der Waals surface area (Å²) in [5.74, 6) is -2.13. The Morgan fingerprint density at radius 1 is 1.22 bits per heavy atom. The molecule has 0 bridgehead atoms. The van der Waals surface area contributed by atoms with Crippen molar-refractivity contribution in [3.8, 4) is 5.88 Å². The molecule has 1 spiro atoms. The molecule has 1 heterocycles. The number of benzene rings is 1. The maximum absolute atomic E-state index is 13.8. The average molecular weight is 483 g/mol. The van der Waals surface area contributed by atoms with Gasteiger partial charge in [0, 0.05) is 12.2 Å². The topological polar surface area (TPSA) is 154 Å². The van der Waals surface area contributed by atoms with Crippen LogP contribution in [0.2, 0.25) is 5.02 Å². The molecule has 2 aliphatic rings. The highest BCUT2D eigenvalue weighted by Crippen LogP contribution is 2.56. The highest BCUT2D eigenvalue weighted by molar-refractivity contribution is 7.89. The molecule has 2 amide bonds. The van der Waals surface area contributed by atoms with Gasteiger partial charge in [0.15, 0.2) is 0 Å². The predicted molar refractivity (Wildman–Crippen MR) is 112 cm³/mol. The molecule has 12 heteroatoms. The van der Waals surface area contributed by atoms with Gasteiger partial charge in [-0.3, -0.25) is 9.59 Å². The van der Waals surface area contributed by atoms with Crippen LogP contribution in [0.25, 0.3) is 0 Å². The number of aromatic nitrogens is 1. The second kappa shape index (κ2) is 7.98. The maximum atomic E-state index is 13.8. The number of nitrogens with one attached hydrogen (secondary N) is 1. The molecule has 0 saturated heterocycles. The lowest BCUT2D eigenvalue weighted by Crippen LogP contribution is -2.58. The Morgan fingerprint density at radius 3 is 2.53 bits per heavy atom. The molecule has 4 rings (SSSR count). The van der Waals surface area contributed by atoms with Crippen molar-refractivity contribution in [2.45, 2.75) is 42.7 Å². The third-order valence-electron chi connectivity index (χ3n) is 5.90. The van der Waals surface area contributed by atoms with Gasteiger partial charge in [0.25, 0.3) is 11.8 Å². The lowest BCUT2D eigenvalue weighted by molar-refractivity contribution is -0.0848. The molecule has 2 aromatic rings. The van der Waals surface area contributed by atoms with Crippen molar-refractivity contribution in [1.29, 1.82) is 0 Å². The Labute approximate surface area is 188 Å². The number of halogens is 2. The molecule has 0 atom stereocenters. The fourth-order valence-corrected chi connectivity index (χ4v) is 5.27. The van der Waals surface area contributed by atoms with E-state index in [9.17, 15) is 22.4 Å². The Morgan fingerprint density at radius 2 is 1.91 bits per heavy atom. The summed E-state index contributed by atoms with van der Waals surface area (Å²) in [6.07, 6.45) is 4.28. The van der Waals surface area contributed by atoms with E-state index in [1.54, 1.807) is 12.1 Å². The number of hydrogen-bond acceptors (Lipinski definition) is 6. The molecule has 1 aromatic carbocycles. The molecule has 2 saturated carbocycles. The van der Waals surface area contributed by atoms with Gasteiger partial charge in [0.1, 0.15) is 22.4 Å². The van der Waals surface area contributed by atoms with Gasteiger partial charge in [0.2, 0.25) is 15.9 Å². The number of amides is 2. The first-order chi connectivity index (χ1) is 15.0. The Hall–Kier alpha value is -2.76. The minimum Gasteiger partial charge on any atom is -0.474 e. The van der Waals surface area contributed by atoms with Crippen molar-refractivity contribution in [3.05, 3.63) is 52.4 Å². The third kappa shape index (κ3) is 4.27. The first kappa shape index (κ1) is 22.4. The van der Waals surface area contributed by atoms with Crippen molar-refractivity contribution in [2.24, 2.45) is 16.3 Å². The van der Waals surface area contributed by atoms with Crippen LogP contribution < -0.4 is 20.9 Å². The van der Waals surface area contributed by atoms with Gasteiger partial charge in [-0.1, -0.05) is 11.6 Å². The van der Waals surface area contributed by atoms with Gasteiger partial charge in [-0.2, -0.15) is 0 Å². The lowest BCUT2D eigenvalue weighted by atomic mass is 9.53. The average Bonchev–Trinajstić information content (AvgIpc) is 2.63. The van der Waals surface area contributed by atoms with Crippen LogP contribution in [0, 0.1) is 11.2 Å². The Balaban J connectivity index is 1.33. The quantitative estimate of drug-likeness (QED) is 0.569. The van der Waals surface area contributed by atoms with Crippen molar-refractivity contribution < 1.29 is 27.1 Å². The van der Waals surface area contributed by atoms with Crippen LogP contribution in [-0.4, -0.2) is 37.4 Å². The summed E-state index contributed by atoms with van der Waals surface area (Å²) in [7, 11) is -4.34. The monoisotopic (exact) mass is 482 g/mol. The first-order valence-corrected chi connectivity index (χ1v) is 11.6. The van der Waals surface area contributed by atoms with Crippen LogP contribution in [0.1, 0.15) is 46.4 Å². The fourth-order valence-electron chi connectivity index (χ4n) is 4.42. The number of primary sulfonamides is 1. The summed E-state index contributed by atoms with van der Waals surface area (Å²) in [5.41, 5.74) is 5.41. The second-order valence-corrected chi connectivity index (χ2v) is 10.2. The molecule has 32 heavy (non-hydrogen) atoms. The van der Waals surface area contributed by atoms with Gasteiger partial charge in [-0.05, 0) is 55.4 Å². The van der Waals surface area contributed by atoms with Crippen molar-refractivity contribution in [3.63, 3.8) is 0 Å². The van der Waals surface area contributed by atoms with E-state index >= 15 is 0 Å². The third-order valence-corrected chi connectivity index (χ3v) is 7.14. The number of carbonyl (C=O) groups is 2. The normalized spacial score (nSPS) is 24.3. The van der Waals surface area contributed by atoms with Gasteiger partial charge < -0.3 is 15.8 Å². The summed E-state index contributed by atoms with van der Waals surface area (Å²) in [6, 6.07) is 4.61. The largest absolute Gasteiger partial charge is 0.474 e. The molecular formula is C20H20ClFN4O5S. The van der Waals surface area contributed by atoms with Gasteiger partial charge in [0.05, 0.1) is 10.6 Å². The number of sulfonamides is 1. The zero-order valence-corrected chi connectivity index (χ0v) is 18.2.